The standard InChI is InChI=1S/C20H18N2O4/c23-19(25-13-15-7-3-1-4-8-15)17-11-12-21-18(22-17)20(24)26-14-16-9-5-2-6-10-16/h1-12,18,22H,13-14H2. The fourth-order valence-electron chi connectivity index (χ4n) is 2.29. The normalized spacial score (nSPS) is 15.5. The molecule has 2 aromatic carbocycles. The Bertz CT molecular complexity index is 816. The summed E-state index contributed by atoms with van der Waals surface area (Å²) in [5.74, 6) is -1.12. The molecule has 0 aliphatic carbocycles. The molecule has 6 heteroatoms. The summed E-state index contributed by atoms with van der Waals surface area (Å²) in [6.45, 7) is 0.295. The summed E-state index contributed by atoms with van der Waals surface area (Å²) in [5, 5.41) is 2.74. The second-order valence-corrected chi connectivity index (χ2v) is 5.58. The Balaban J connectivity index is 1.50. The molecule has 0 aromatic heterocycles. The molecule has 1 heterocycles. The number of nitrogens with zero attached hydrogens (tertiary/aromatic N) is 1. The maximum atomic E-state index is 12.2. The predicted molar refractivity (Wildman–Crippen MR) is 96.0 cm³/mol. The van der Waals surface area contributed by atoms with Crippen LogP contribution < -0.4 is 5.32 Å². The number of esters is 2. The lowest BCUT2D eigenvalue weighted by Crippen LogP contribution is -2.40. The van der Waals surface area contributed by atoms with Crippen LogP contribution in [0.2, 0.25) is 0 Å². The van der Waals surface area contributed by atoms with Crippen molar-refractivity contribution in [2.24, 2.45) is 4.99 Å². The van der Waals surface area contributed by atoms with Crippen LogP contribution in [0.4, 0.5) is 0 Å². The van der Waals surface area contributed by atoms with Crippen LogP contribution in [0.5, 0.6) is 0 Å². The van der Waals surface area contributed by atoms with E-state index in [-0.39, 0.29) is 18.9 Å². The first-order valence-corrected chi connectivity index (χ1v) is 8.14. The SMILES string of the molecule is O=C(OCc1ccccc1)C1=CC=NC(C(=O)OCc2ccccc2)N1. The summed E-state index contributed by atoms with van der Waals surface area (Å²) >= 11 is 0. The van der Waals surface area contributed by atoms with Crippen molar-refractivity contribution in [1.82, 2.24) is 5.32 Å². The van der Waals surface area contributed by atoms with Gasteiger partial charge in [0, 0.05) is 6.21 Å². The summed E-state index contributed by atoms with van der Waals surface area (Å²) in [5.41, 5.74) is 1.92. The van der Waals surface area contributed by atoms with E-state index >= 15 is 0 Å². The third kappa shape index (κ3) is 4.80. The molecule has 6 nitrogen and oxygen atoms in total. The lowest BCUT2D eigenvalue weighted by molar-refractivity contribution is -0.147. The van der Waals surface area contributed by atoms with Crippen molar-refractivity contribution in [3.05, 3.63) is 83.6 Å². The monoisotopic (exact) mass is 350 g/mol. The fourth-order valence-corrected chi connectivity index (χ4v) is 2.29. The molecular weight excluding hydrogens is 332 g/mol. The average Bonchev–Trinajstić information content (AvgIpc) is 2.72. The van der Waals surface area contributed by atoms with Crippen molar-refractivity contribution >= 4 is 18.2 Å². The van der Waals surface area contributed by atoms with Gasteiger partial charge < -0.3 is 14.8 Å². The first-order valence-electron chi connectivity index (χ1n) is 8.14. The summed E-state index contributed by atoms with van der Waals surface area (Å²) < 4.78 is 10.5. The van der Waals surface area contributed by atoms with E-state index in [1.165, 1.54) is 12.3 Å². The number of aliphatic imine (C=N–C) groups is 1. The third-order valence-electron chi connectivity index (χ3n) is 3.65. The van der Waals surface area contributed by atoms with E-state index in [9.17, 15) is 9.59 Å². The number of hydrogen-bond donors (Lipinski definition) is 1. The van der Waals surface area contributed by atoms with E-state index in [0.29, 0.717) is 0 Å². The number of nitrogens with one attached hydrogen (secondary N) is 1. The van der Waals surface area contributed by atoms with Gasteiger partial charge in [0.05, 0.1) is 0 Å². The largest absolute Gasteiger partial charge is 0.458 e. The van der Waals surface area contributed by atoms with Crippen molar-refractivity contribution in [2.75, 3.05) is 0 Å². The van der Waals surface area contributed by atoms with Gasteiger partial charge in [-0.05, 0) is 17.2 Å². The molecule has 1 aliphatic rings. The summed E-state index contributed by atoms with van der Waals surface area (Å²) in [6.07, 6.45) is 1.89. The zero-order valence-corrected chi connectivity index (χ0v) is 14.0. The number of ether oxygens (including phenoxy) is 2. The Labute approximate surface area is 151 Å². The maximum Gasteiger partial charge on any atom is 0.354 e. The number of rotatable bonds is 6. The number of carbonyl (C=O) groups excluding carboxylic acids is 2. The van der Waals surface area contributed by atoms with E-state index < -0.39 is 18.1 Å². The van der Waals surface area contributed by atoms with E-state index in [1.54, 1.807) is 0 Å². The van der Waals surface area contributed by atoms with Crippen LogP contribution in [0.15, 0.2) is 77.4 Å². The molecule has 3 rings (SSSR count). The van der Waals surface area contributed by atoms with Crippen LogP contribution in [-0.4, -0.2) is 24.3 Å². The smallest absolute Gasteiger partial charge is 0.354 e. The Kier molecular flexibility index (Phi) is 5.77. The molecule has 0 radical (unpaired) electrons. The minimum absolute atomic E-state index is 0.144. The molecule has 26 heavy (non-hydrogen) atoms. The molecule has 2 aromatic rings. The van der Waals surface area contributed by atoms with Crippen molar-refractivity contribution < 1.29 is 19.1 Å². The highest BCUT2D eigenvalue weighted by atomic mass is 16.5. The Morgan fingerprint density at radius 2 is 1.46 bits per heavy atom. The third-order valence-corrected chi connectivity index (χ3v) is 3.65. The van der Waals surface area contributed by atoms with Crippen LogP contribution in [0, 0.1) is 0 Å². The Morgan fingerprint density at radius 1 is 0.885 bits per heavy atom. The molecule has 1 unspecified atom stereocenters. The van der Waals surface area contributed by atoms with Crippen LogP contribution in [0.1, 0.15) is 11.1 Å². The Hall–Kier alpha value is -3.41. The van der Waals surface area contributed by atoms with Crippen LogP contribution in [0.3, 0.4) is 0 Å². The molecular formula is C20H18N2O4. The lowest BCUT2D eigenvalue weighted by Gasteiger charge is -2.19. The molecule has 0 bridgehead atoms. The minimum atomic E-state index is -0.969. The summed E-state index contributed by atoms with van der Waals surface area (Å²) in [4.78, 5) is 28.3. The molecule has 1 aliphatic heterocycles. The maximum absolute atomic E-state index is 12.2. The van der Waals surface area contributed by atoms with Gasteiger partial charge in [0.15, 0.2) is 0 Å². The van der Waals surface area contributed by atoms with Gasteiger partial charge in [0.1, 0.15) is 18.9 Å². The summed E-state index contributed by atoms with van der Waals surface area (Å²) in [6, 6.07) is 18.7. The van der Waals surface area contributed by atoms with E-state index in [2.05, 4.69) is 10.3 Å². The lowest BCUT2D eigenvalue weighted by atomic mass is 10.2. The number of benzene rings is 2. The van der Waals surface area contributed by atoms with Gasteiger partial charge >= 0.3 is 11.9 Å². The number of allylic oxidation sites excluding steroid dienone is 1. The van der Waals surface area contributed by atoms with Crippen LogP contribution >= 0.6 is 0 Å². The van der Waals surface area contributed by atoms with Gasteiger partial charge in [0.25, 0.3) is 0 Å². The van der Waals surface area contributed by atoms with E-state index in [0.717, 1.165) is 11.1 Å². The minimum Gasteiger partial charge on any atom is -0.458 e. The molecule has 0 saturated carbocycles. The van der Waals surface area contributed by atoms with Crippen molar-refractivity contribution in [3.8, 4) is 0 Å². The van der Waals surface area contributed by atoms with E-state index in [4.69, 9.17) is 9.47 Å². The van der Waals surface area contributed by atoms with Gasteiger partial charge in [-0.3, -0.25) is 4.99 Å². The second kappa shape index (κ2) is 8.62. The highest BCUT2D eigenvalue weighted by Crippen LogP contribution is 2.08. The quantitative estimate of drug-likeness (QED) is 0.810. The number of hydrogen-bond acceptors (Lipinski definition) is 6. The topological polar surface area (TPSA) is 77.0 Å². The second-order valence-electron chi connectivity index (χ2n) is 5.58. The van der Waals surface area contributed by atoms with Gasteiger partial charge in [0.2, 0.25) is 6.17 Å². The molecule has 1 atom stereocenters. The molecule has 132 valence electrons. The molecule has 0 saturated heterocycles. The average molecular weight is 350 g/mol. The Morgan fingerprint density at radius 3 is 2.08 bits per heavy atom. The molecule has 0 spiro atoms. The van der Waals surface area contributed by atoms with Gasteiger partial charge in [-0.1, -0.05) is 60.7 Å². The van der Waals surface area contributed by atoms with Gasteiger partial charge in [-0.25, -0.2) is 9.59 Å². The van der Waals surface area contributed by atoms with Crippen molar-refractivity contribution in [2.45, 2.75) is 19.4 Å². The van der Waals surface area contributed by atoms with Crippen LogP contribution in [0.25, 0.3) is 0 Å². The first-order chi connectivity index (χ1) is 12.7. The summed E-state index contributed by atoms with van der Waals surface area (Å²) in [7, 11) is 0. The van der Waals surface area contributed by atoms with Gasteiger partial charge in [-0.15, -0.1) is 0 Å². The molecule has 0 amide bonds. The number of carbonyl (C=O) groups is 2. The highest BCUT2D eigenvalue weighted by molar-refractivity contribution is 5.95. The fraction of sp³-hybridized carbons (Fsp3) is 0.150. The van der Waals surface area contributed by atoms with Crippen molar-refractivity contribution in [3.63, 3.8) is 0 Å². The highest BCUT2D eigenvalue weighted by Gasteiger charge is 2.25. The zero-order chi connectivity index (χ0) is 18.2. The van der Waals surface area contributed by atoms with Crippen molar-refractivity contribution in [1.29, 1.82) is 0 Å². The zero-order valence-electron chi connectivity index (χ0n) is 14.0. The van der Waals surface area contributed by atoms with Gasteiger partial charge in [-0.2, -0.15) is 0 Å². The molecule has 0 fully saturated rings. The predicted octanol–water partition coefficient (Wildman–Crippen LogP) is 2.36. The molecule has 1 N–H and O–H groups in total. The van der Waals surface area contributed by atoms with E-state index in [1.807, 2.05) is 60.7 Å². The first kappa shape index (κ1) is 17.4. The van der Waals surface area contributed by atoms with Crippen LogP contribution in [-0.2, 0) is 32.3 Å².